The van der Waals surface area contributed by atoms with Crippen molar-refractivity contribution >= 4 is 12.2 Å². The van der Waals surface area contributed by atoms with Crippen molar-refractivity contribution in [1.29, 1.82) is 0 Å². The summed E-state index contributed by atoms with van der Waals surface area (Å²) in [5, 5.41) is 4.19. The van der Waals surface area contributed by atoms with Crippen LogP contribution < -0.4 is 5.73 Å². The summed E-state index contributed by atoms with van der Waals surface area (Å²) in [6.07, 6.45) is 3.37. The Labute approximate surface area is 105 Å². The lowest BCUT2D eigenvalue weighted by atomic mass is 10.1. The van der Waals surface area contributed by atoms with Crippen molar-refractivity contribution in [2.24, 2.45) is 5.10 Å². The maximum atomic E-state index is 13.5. The SMILES string of the molecule is Cc1cn(N=Cc2cc(C)c(F)c(C)c2)c(N)n1. The van der Waals surface area contributed by atoms with E-state index in [1.54, 1.807) is 38.4 Å². The number of hydrogen-bond acceptors (Lipinski definition) is 3. The molecular weight excluding hydrogens is 231 g/mol. The van der Waals surface area contributed by atoms with Gasteiger partial charge in [-0.05, 0) is 49.6 Å². The Balaban J connectivity index is 2.32. The van der Waals surface area contributed by atoms with E-state index in [2.05, 4.69) is 10.1 Å². The van der Waals surface area contributed by atoms with Crippen LogP contribution in [-0.4, -0.2) is 15.9 Å². The van der Waals surface area contributed by atoms with Crippen molar-refractivity contribution in [3.8, 4) is 0 Å². The second-order valence-electron chi connectivity index (χ2n) is 4.30. The molecule has 5 heteroatoms. The predicted octanol–water partition coefficient (Wildman–Crippen LogP) is 2.41. The summed E-state index contributed by atoms with van der Waals surface area (Å²) in [5.41, 5.74) is 8.51. The van der Waals surface area contributed by atoms with Crippen LogP contribution in [0.3, 0.4) is 0 Å². The molecular formula is C13H15FN4. The average Bonchev–Trinajstić information content (AvgIpc) is 2.62. The molecule has 0 aliphatic heterocycles. The summed E-state index contributed by atoms with van der Waals surface area (Å²) in [5.74, 6) is 0.157. The number of hydrogen-bond donors (Lipinski definition) is 1. The first-order valence-corrected chi connectivity index (χ1v) is 5.60. The maximum absolute atomic E-state index is 13.5. The molecule has 0 saturated heterocycles. The van der Waals surface area contributed by atoms with Gasteiger partial charge in [0, 0.05) is 0 Å². The van der Waals surface area contributed by atoms with Gasteiger partial charge >= 0.3 is 0 Å². The van der Waals surface area contributed by atoms with Gasteiger partial charge < -0.3 is 5.73 Å². The topological polar surface area (TPSA) is 56.2 Å². The number of nitrogens with zero attached hydrogens (tertiary/aromatic N) is 3. The van der Waals surface area contributed by atoms with Gasteiger partial charge in [-0.25, -0.2) is 14.1 Å². The van der Waals surface area contributed by atoms with Crippen molar-refractivity contribution < 1.29 is 4.39 Å². The van der Waals surface area contributed by atoms with E-state index in [1.165, 1.54) is 4.68 Å². The van der Waals surface area contributed by atoms with Crippen LogP contribution >= 0.6 is 0 Å². The van der Waals surface area contributed by atoms with Crippen LogP contribution in [0.4, 0.5) is 10.3 Å². The highest BCUT2D eigenvalue weighted by atomic mass is 19.1. The second-order valence-corrected chi connectivity index (χ2v) is 4.30. The van der Waals surface area contributed by atoms with Crippen molar-refractivity contribution in [3.63, 3.8) is 0 Å². The minimum Gasteiger partial charge on any atom is -0.368 e. The quantitative estimate of drug-likeness (QED) is 0.827. The van der Waals surface area contributed by atoms with Crippen LogP contribution in [0.25, 0.3) is 0 Å². The predicted molar refractivity (Wildman–Crippen MR) is 70.2 cm³/mol. The van der Waals surface area contributed by atoms with Crippen LogP contribution in [0.5, 0.6) is 0 Å². The molecule has 0 bridgehead atoms. The zero-order valence-electron chi connectivity index (χ0n) is 10.6. The molecule has 0 radical (unpaired) electrons. The van der Waals surface area contributed by atoms with E-state index in [1.807, 2.05) is 6.92 Å². The Hall–Kier alpha value is -2.17. The molecule has 18 heavy (non-hydrogen) atoms. The molecule has 2 N–H and O–H groups in total. The number of imidazole rings is 1. The Morgan fingerprint density at radius 2 is 1.89 bits per heavy atom. The molecule has 2 rings (SSSR count). The highest BCUT2D eigenvalue weighted by Crippen LogP contribution is 2.13. The van der Waals surface area contributed by atoms with Crippen molar-refractivity contribution in [3.05, 3.63) is 46.5 Å². The lowest BCUT2D eigenvalue weighted by Crippen LogP contribution is -1.98. The average molecular weight is 246 g/mol. The Morgan fingerprint density at radius 3 is 2.39 bits per heavy atom. The van der Waals surface area contributed by atoms with E-state index in [-0.39, 0.29) is 5.82 Å². The summed E-state index contributed by atoms with van der Waals surface area (Å²) in [6, 6.07) is 3.48. The highest BCUT2D eigenvalue weighted by Gasteiger charge is 2.03. The summed E-state index contributed by atoms with van der Waals surface area (Å²) < 4.78 is 15.0. The second kappa shape index (κ2) is 4.60. The molecule has 1 heterocycles. The molecule has 0 atom stereocenters. The first-order chi connectivity index (χ1) is 8.47. The van der Waals surface area contributed by atoms with Crippen molar-refractivity contribution in [2.45, 2.75) is 20.8 Å². The lowest BCUT2D eigenvalue weighted by molar-refractivity contribution is 0.609. The monoisotopic (exact) mass is 246 g/mol. The minimum atomic E-state index is -0.176. The molecule has 2 aromatic rings. The van der Waals surface area contributed by atoms with Gasteiger partial charge in [-0.15, -0.1) is 0 Å². The van der Waals surface area contributed by atoms with Crippen LogP contribution in [-0.2, 0) is 0 Å². The van der Waals surface area contributed by atoms with Crippen molar-refractivity contribution in [2.75, 3.05) is 5.73 Å². The zero-order valence-corrected chi connectivity index (χ0v) is 10.6. The Bertz CT molecular complexity index is 590. The Morgan fingerprint density at radius 1 is 1.28 bits per heavy atom. The van der Waals surface area contributed by atoms with Crippen LogP contribution in [0.1, 0.15) is 22.4 Å². The third-order valence-corrected chi connectivity index (χ3v) is 2.62. The molecule has 0 unspecified atom stereocenters. The molecule has 0 saturated carbocycles. The Kier molecular flexibility index (Phi) is 3.14. The highest BCUT2D eigenvalue weighted by molar-refractivity contribution is 5.80. The number of nitrogens with two attached hydrogens (primary N) is 1. The smallest absolute Gasteiger partial charge is 0.221 e. The van der Waals surface area contributed by atoms with Crippen LogP contribution in [0.15, 0.2) is 23.4 Å². The lowest BCUT2D eigenvalue weighted by Gasteiger charge is -2.02. The standard InChI is InChI=1S/C13H15FN4/c1-8-4-11(5-9(2)12(8)14)6-16-18-7-10(3)17-13(18)15/h4-7H,1-3H3,(H2,15,17). The van der Waals surface area contributed by atoms with Gasteiger partial charge in [-0.2, -0.15) is 5.10 Å². The number of aromatic nitrogens is 2. The van der Waals surface area contributed by atoms with Gasteiger partial charge in [0.15, 0.2) is 0 Å². The van der Waals surface area contributed by atoms with E-state index in [4.69, 9.17) is 5.73 Å². The first-order valence-electron chi connectivity index (χ1n) is 5.60. The number of nitrogen functional groups attached to an aromatic ring is 1. The van der Waals surface area contributed by atoms with Crippen molar-refractivity contribution in [1.82, 2.24) is 9.66 Å². The zero-order chi connectivity index (χ0) is 13.3. The van der Waals surface area contributed by atoms with Gasteiger partial charge in [0.2, 0.25) is 5.95 Å². The summed E-state index contributed by atoms with van der Waals surface area (Å²) in [6.45, 7) is 5.30. The third-order valence-electron chi connectivity index (χ3n) is 2.62. The normalized spacial score (nSPS) is 11.3. The summed E-state index contributed by atoms with van der Waals surface area (Å²) >= 11 is 0. The molecule has 94 valence electrons. The van der Waals surface area contributed by atoms with Gasteiger partial charge in [-0.1, -0.05) is 0 Å². The number of benzene rings is 1. The summed E-state index contributed by atoms with van der Waals surface area (Å²) in [7, 11) is 0. The third kappa shape index (κ3) is 2.40. The van der Waals surface area contributed by atoms with Gasteiger partial charge in [0.1, 0.15) is 5.82 Å². The number of anilines is 1. The largest absolute Gasteiger partial charge is 0.368 e. The molecule has 4 nitrogen and oxygen atoms in total. The van der Waals surface area contributed by atoms with Crippen LogP contribution in [0, 0.1) is 26.6 Å². The fourth-order valence-corrected chi connectivity index (χ4v) is 1.78. The molecule has 1 aromatic carbocycles. The fourth-order valence-electron chi connectivity index (χ4n) is 1.78. The van der Waals surface area contributed by atoms with Gasteiger partial charge in [0.05, 0.1) is 18.1 Å². The molecule has 0 amide bonds. The number of halogens is 1. The molecule has 0 fully saturated rings. The van der Waals surface area contributed by atoms with E-state index < -0.39 is 0 Å². The number of aryl methyl sites for hydroxylation is 3. The molecule has 1 aromatic heterocycles. The summed E-state index contributed by atoms with van der Waals surface area (Å²) in [4.78, 5) is 4.04. The van der Waals surface area contributed by atoms with E-state index in [0.29, 0.717) is 17.1 Å². The van der Waals surface area contributed by atoms with E-state index >= 15 is 0 Å². The minimum absolute atomic E-state index is 0.176. The first kappa shape index (κ1) is 12.3. The van der Waals surface area contributed by atoms with E-state index in [9.17, 15) is 4.39 Å². The van der Waals surface area contributed by atoms with Gasteiger partial charge in [0.25, 0.3) is 0 Å². The van der Waals surface area contributed by atoms with E-state index in [0.717, 1.165) is 11.3 Å². The van der Waals surface area contributed by atoms with Gasteiger partial charge in [-0.3, -0.25) is 0 Å². The molecule has 0 spiro atoms. The molecule has 0 aliphatic rings. The maximum Gasteiger partial charge on any atom is 0.221 e. The number of rotatable bonds is 2. The fraction of sp³-hybridized carbons (Fsp3) is 0.231. The van der Waals surface area contributed by atoms with Crippen LogP contribution in [0.2, 0.25) is 0 Å². The molecule has 0 aliphatic carbocycles.